The van der Waals surface area contributed by atoms with Gasteiger partial charge in [0.2, 0.25) is 10.0 Å². The molecular weight excluding hydrogens is 332 g/mol. The lowest BCUT2D eigenvalue weighted by atomic mass is 10.1. The number of nitrogens with one attached hydrogen (secondary N) is 1. The molecule has 0 bridgehead atoms. The molecule has 0 unspecified atom stereocenters. The summed E-state index contributed by atoms with van der Waals surface area (Å²) in [5, 5.41) is 11.8. The molecule has 3 aromatic rings. The molecule has 10 heteroatoms. The molecule has 9 nitrogen and oxygen atoms in total. The Morgan fingerprint density at radius 1 is 1.38 bits per heavy atom. The topological polar surface area (TPSA) is 116 Å². The highest BCUT2D eigenvalue weighted by Crippen LogP contribution is 2.27. The lowest BCUT2D eigenvalue weighted by Gasteiger charge is -2.22. The van der Waals surface area contributed by atoms with Crippen molar-refractivity contribution in [1.82, 2.24) is 29.8 Å². The lowest BCUT2D eigenvalue weighted by Crippen LogP contribution is -2.33. The van der Waals surface area contributed by atoms with Crippen molar-refractivity contribution in [3.05, 3.63) is 29.8 Å². The van der Waals surface area contributed by atoms with E-state index in [-0.39, 0.29) is 10.4 Å². The Morgan fingerprint density at radius 3 is 3.08 bits per heavy atom. The average molecular weight is 348 g/mol. The Labute approximate surface area is 138 Å². The molecule has 2 aromatic heterocycles. The molecule has 0 aliphatic carbocycles. The molecule has 4 rings (SSSR count). The molecule has 126 valence electrons. The van der Waals surface area contributed by atoms with Crippen molar-refractivity contribution in [2.24, 2.45) is 0 Å². The molecule has 0 fully saturated rings. The Bertz CT molecular complexity index is 993. The van der Waals surface area contributed by atoms with Crippen LogP contribution in [0.25, 0.3) is 11.0 Å². The van der Waals surface area contributed by atoms with E-state index >= 15 is 0 Å². The predicted molar refractivity (Wildman–Crippen MR) is 83.5 cm³/mol. The SMILES string of the molecule is CCc1nc2n(n1)CCC[C@H]2NS(=O)(=O)c1cccc2nonc12. The van der Waals surface area contributed by atoms with Crippen LogP contribution >= 0.6 is 0 Å². The minimum absolute atomic E-state index is 0.0496. The number of hydrogen-bond donors (Lipinski definition) is 1. The Balaban J connectivity index is 1.70. The van der Waals surface area contributed by atoms with Gasteiger partial charge in [0.1, 0.15) is 16.2 Å². The van der Waals surface area contributed by atoms with Gasteiger partial charge in [-0.05, 0) is 35.3 Å². The van der Waals surface area contributed by atoms with Gasteiger partial charge in [0, 0.05) is 13.0 Å². The molecule has 1 aliphatic rings. The van der Waals surface area contributed by atoms with Crippen molar-refractivity contribution in [3.63, 3.8) is 0 Å². The summed E-state index contributed by atoms with van der Waals surface area (Å²) in [6.07, 6.45) is 2.22. The summed E-state index contributed by atoms with van der Waals surface area (Å²) >= 11 is 0. The van der Waals surface area contributed by atoms with Crippen LogP contribution in [-0.4, -0.2) is 33.5 Å². The van der Waals surface area contributed by atoms with Gasteiger partial charge in [0.15, 0.2) is 11.3 Å². The Morgan fingerprint density at radius 2 is 2.25 bits per heavy atom. The highest BCUT2D eigenvalue weighted by atomic mass is 32.2. The van der Waals surface area contributed by atoms with Crippen LogP contribution in [0.3, 0.4) is 0 Å². The van der Waals surface area contributed by atoms with Gasteiger partial charge in [-0.25, -0.2) is 27.4 Å². The van der Waals surface area contributed by atoms with Crippen LogP contribution in [0.4, 0.5) is 0 Å². The molecule has 0 saturated heterocycles. The second-order valence-corrected chi connectivity index (χ2v) is 7.35. The molecule has 1 N–H and O–H groups in total. The first kappa shape index (κ1) is 15.2. The minimum atomic E-state index is -3.79. The van der Waals surface area contributed by atoms with E-state index in [9.17, 15) is 8.42 Å². The van der Waals surface area contributed by atoms with Crippen molar-refractivity contribution in [2.75, 3.05) is 0 Å². The number of aromatic nitrogens is 5. The van der Waals surface area contributed by atoms with E-state index in [0.29, 0.717) is 24.2 Å². The van der Waals surface area contributed by atoms with Crippen molar-refractivity contribution in [1.29, 1.82) is 0 Å². The summed E-state index contributed by atoms with van der Waals surface area (Å²) < 4.78 is 34.8. The van der Waals surface area contributed by atoms with Crippen LogP contribution < -0.4 is 4.72 Å². The van der Waals surface area contributed by atoms with E-state index in [0.717, 1.165) is 18.8 Å². The fourth-order valence-corrected chi connectivity index (χ4v) is 4.29. The second kappa shape index (κ2) is 5.64. The number of hydrogen-bond acceptors (Lipinski definition) is 7. The normalized spacial score (nSPS) is 18.0. The van der Waals surface area contributed by atoms with E-state index in [4.69, 9.17) is 0 Å². The molecule has 3 heterocycles. The first-order chi connectivity index (χ1) is 11.6. The third-order valence-corrected chi connectivity index (χ3v) is 5.57. The van der Waals surface area contributed by atoms with Crippen molar-refractivity contribution in [2.45, 2.75) is 43.7 Å². The summed E-state index contributed by atoms with van der Waals surface area (Å²) in [6, 6.07) is 4.33. The van der Waals surface area contributed by atoms with Crippen LogP contribution in [-0.2, 0) is 23.0 Å². The number of nitrogens with zero attached hydrogens (tertiary/aromatic N) is 5. The molecule has 24 heavy (non-hydrogen) atoms. The maximum absolute atomic E-state index is 12.8. The summed E-state index contributed by atoms with van der Waals surface area (Å²) in [7, 11) is -3.79. The summed E-state index contributed by atoms with van der Waals surface area (Å²) in [6.45, 7) is 2.72. The van der Waals surface area contributed by atoms with Crippen molar-refractivity contribution >= 4 is 21.1 Å². The second-order valence-electron chi connectivity index (χ2n) is 5.67. The number of sulfonamides is 1. The third kappa shape index (κ3) is 2.47. The Hall–Kier alpha value is -2.33. The fraction of sp³-hybridized carbons (Fsp3) is 0.429. The molecule has 1 atom stereocenters. The number of benzene rings is 1. The van der Waals surface area contributed by atoms with E-state index in [1.54, 1.807) is 16.8 Å². The van der Waals surface area contributed by atoms with E-state index < -0.39 is 16.1 Å². The monoisotopic (exact) mass is 348 g/mol. The summed E-state index contributed by atoms with van der Waals surface area (Å²) in [5.41, 5.74) is 0.620. The molecule has 0 radical (unpaired) electrons. The summed E-state index contributed by atoms with van der Waals surface area (Å²) in [5.74, 6) is 1.38. The van der Waals surface area contributed by atoms with Gasteiger partial charge in [-0.15, -0.1) is 0 Å². The average Bonchev–Trinajstić information content (AvgIpc) is 3.20. The van der Waals surface area contributed by atoms with Crippen LogP contribution in [0.5, 0.6) is 0 Å². The van der Waals surface area contributed by atoms with Crippen LogP contribution in [0.2, 0.25) is 0 Å². The molecule has 0 amide bonds. The quantitative estimate of drug-likeness (QED) is 0.753. The molecule has 1 aliphatic heterocycles. The van der Waals surface area contributed by atoms with E-state index in [2.05, 4.69) is 29.7 Å². The maximum atomic E-state index is 12.8. The van der Waals surface area contributed by atoms with Crippen LogP contribution in [0.1, 0.15) is 37.5 Å². The number of fused-ring (bicyclic) bond motifs is 2. The highest BCUT2D eigenvalue weighted by molar-refractivity contribution is 7.89. The molecule has 1 aromatic carbocycles. The zero-order valence-corrected chi connectivity index (χ0v) is 13.8. The van der Waals surface area contributed by atoms with Gasteiger partial charge in [-0.2, -0.15) is 5.10 Å². The predicted octanol–water partition coefficient (Wildman–Crippen LogP) is 1.19. The Kier molecular flexibility index (Phi) is 3.57. The van der Waals surface area contributed by atoms with Crippen molar-refractivity contribution in [3.8, 4) is 0 Å². The van der Waals surface area contributed by atoms with Gasteiger partial charge >= 0.3 is 0 Å². The van der Waals surface area contributed by atoms with Gasteiger partial charge in [-0.3, -0.25) is 0 Å². The lowest BCUT2D eigenvalue weighted by molar-refractivity contribution is 0.315. The van der Waals surface area contributed by atoms with Crippen LogP contribution in [0, 0.1) is 0 Å². The molecule has 0 saturated carbocycles. The van der Waals surface area contributed by atoms with Crippen molar-refractivity contribution < 1.29 is 13.0 Å². The number of rotatable bonds is 4. The van der Waals surface area contributed by atoms with Crippen LogP contribution in [0.15, 0.2) is 27.7 Å². The van der Waals surface area contributed by atoms with Gasteiger partial charge in [0.05, 0.1) is 6.04 Å². The van der Waals surface area contributed by atoms with Gasteiger partial charge in [-0.1, -0.05) is 13.0 Å². The minimum Gasteiger partial charge on any atom is -0.248 e. The molecular formula is C14H16N6O3S. The standard InChI is InChI=1S/C14H16N6O3S/c1-2-12-15-14-10(6-4-8-20(14)16-12)19-24(21,22)11-7-3-5-9-13(11)18-23-17-9/h3,5,7,10,19H,2,4,6,8H2,1H3/t10-/m1/s1. The smallest absolute Gasteiger partial charge is 0.243 e. The first-order valence-corrected chi connectivity index (χ1v) is 9.24. The zero-order chi connectivity index (χ0) is 16.7. The summed E-state index contributed by atoms with van der Waals surface area (Å²) in [4.78, 5) is 4.51. The number of aryl methyl sites for hydroxylation is 2. The van der Waals surface area contributed by atoms with Gasteiger partial charge < -0.3 is 0 Å². The third-order valence-electron chi connectivity index (χ3n) is 4.07. The van der Waals surface area contributed by atoms with E-state index in [1.165, 1.54) is 6.07 Å². The first-order valence-electron chi connectivity index (χ1n) is 7.75. The van der Waals surface area contributed by atoms with E-state index in [1.807, 2.05) is 6.92 Å². The zero-order valence-electron chi connectivity index (χ0n) is 13.0. The fourth-order valence-electron chi connectivity index (χ4n) is 2.91. The molecule has 0 spiro atoms. The van der Waals surface area contributed by atoms with Gasteiger partial charge in [0.25, 0.3) is 0 Å². The highest BCUT2D eigenvalue weighted by Gasteiger charge is 2.30. The maximum Gasteiger partial charge on any atom is 0.243 e. The largest absolute Gasteiger partial charge is 0.248 e.